The summed E-state index contributed by atoms with van der Waals surface area (Å²) in [4.78, 5) is 11.6. The Kier molecular flexibility index (Phi) is 5.77. The first-order valence-corrected chi connectivity index (χ1v) is 8.73. The molecule has 2 N–H and O–H groups in total. The van der Waals surface area contributed by atoms with E-state index in [0.29, 0.717) is 12.5 Å². The average molecular weight is 326 g/mol. The third kappa shape index (κ3) is 4.52. The lowest BCUT2D eigenvalue weighted by Crippen LogP contribution is -2.39. The summed E-state index contributed by atoms with van der Waals surface area (Å²) >= 11 is 0. The molecule has 2 heterocycles. The third-order valence-electron chi connectivity index (χ3n) is 4.48. The van der Waals surface area contributed by atoms with Gasteiger partial charge >= 0.3 is 0 Å². The van der Waals surface area contributed by atoms with Crippen LogP contribution >= 0.6 is 0 Å². The van der Waals surface area contributed by atoms with Crippen molar-refractivity contribution in [2.75, 3.05) is 38.1 Å². The van der Waals surface area contributed by atoms with Crippen molar-refractivity contribution in [1.29, 1.82) is 0 Å². The van der Waals surface area contributed by atoms with Crippen molar-refractivity contribution in [2.24, 2.45) is 5.92 Å². The second kappa shape index (κ2) is 8.22. The Balaban J connectivity index is 1.58. The number of aryl methyl sites for hydroxylation is 1. The van der Waals surface area contributed by atoms with Gasteiger partial charge in [-0.1, -0.05) is 30.3 Å². The van der Waals surface area contributed by atoms with Crippen LogP contribution in [0.1, 0.15) is 18.5 Å². The van der Waals surface area contributed by atoms with E-state index >= 15 is 0 Å². The van der Waals surface area contributed by atoms with Crippen molar-refractivity contribution < 1.29 is 5.11 Å². The first-order valence-electron chi connectivity index (χ1n) is 8.73. The van der Waals surface area contributed by atoms with Gasteiger partial charge in [0, 0.05) is 43.6 Å². The Morgan fingerprint density at radius 2 is 2.08 bits per heavy atom. The molecule has 2 aromatic rings. The zero-order valence-electron chi connectivity index (χ0n) is 14.3. The molecule has 24 heavy (non-hydrogen) atoms. The van der Waals surface area contributed by atoms with E-state index in [0.717, 1.165) is 55.5 Å². The fourth-order valence-electron chi connectivity index (χ4n) is 3.22. The van der Waals surface area contributed by atoms with Gasteiger partial charge in [-0.05, 0) is 32.2 Å². The van der Waals surface area contributed by atoms with Crippen LogP contribution in [0.4, 0.5) is 5.82 Å². The normalized spacial score (nSPS) is 18.5. The molecular weight excluding hydrogens is 300 g/mol. The molecule has 3 rings (SSSR count). The summed E-state index contributed by atoms with van der Waals surface area (Å²) in [5.74, 6) is 2.07. The molecule has 0 saturated carbocycles. The molecule has 0 bridgehead atoms. The Morgan fingerprint density at radius 1 is 1.25 bits per heavy atom. The first-order chi connectivity index (χ1) is 11.7. The maximum Gasteiger partial charge on any atom is 0.161 e. The third-order valence-corrected chi connectivity index (χ3v) is 4.48. The van der Waals surface area contributed by atoms with Gasteiger partial charge in [0.1, 0.15) is 5.82 Å². The number of nitrogens with zero attached hydrogens (tertiary/aromatic N) is 3. The Bertz CT molecular complexity index is 647. The lowest BCUT2D eigenvalue weighted by atomic mass is 9.99. The van der Waals surface area contributed by atoms with E-state index in [4.69, 9.17) is 0 Å². The quantitative estimate of drug-likeness (QED) is 0.854. The van der Waals surface area contributed by atoms with E-state index in [1.165, 1.54) is 6.42 Å². The van der Waals surface area contributed by atoms with Gasteiger partial charge in [0.15, 0.2) is 5.82 Å². The zero-order valence-corrected chi connectivity index (χ0v) is 14.3. The van der Waals surface area contributed by atoms with E-state index in [9.17, 15) is 5.11 Å². The number of anilines is 1. The lowest BCUT2D eigenvalue weighted by molar-refractivity contribution is 0.123. The SMILES string of the molecule is Cc1cc(NCCN2CCC[C@H](CO)C2)nc(-c2ccccc2)n1. The molecule has 1 saturated heterocycles. The van der Waals surface area contributed by atoms with Crippen molar-refractivity contribution in [3.63, 3.8) is 0 Å². The fourth-order valence-corrected chi connectivity index (χ4v) is 3.22. The van der Waals surface area contributed by atoms with Crippen LogP contribution < -0.4 is 5.32 Å². The molecule has 1 atom stereocenters. The Labute approximate surface area is 143 Å². The molecule has 0 unspecified atom stereocenters. The van der Waals surface area contributed by atoms with Crippen LogP contribution in [0.3, 0.4) is 0 Å². The number of aliphatic hydroxyl groups excluding tert-OH is 1. The molecule has 5 heteroatoms. The van der Waals surface area contributed by atoms with E-state index < -0.39 is 0 Å². The van der Waals surface area contributed by atoms with E-state index in [1.54, 1.807) is 0 Å². The molecule has 0 amide bonds. The highest BCUT2D eigenvalue weighted by Crippen LogP contribution is 2.18. The van der Waals surface area contributed by atoms with Crippen molar-refractivity contribution in [3.05, 3.63) is 42.1 Å². The Hall–Kier alpha value is -1.98. The number of aromatic nitrogens is 2. The minimum Gasteiger partial charge on any atom is -0.396 e. The summed E-state index contributed by atoms with van der Waals surface area (Å²) in [5.41, 5.74) is 2.00. The van der Waals surface area contributed by atoms with Crippen LogP contribution in [0.25, 0.3) is 11.4 Å². The number of hydrogen-bond acceptors (Lipinski definition) is 5. The first kappa shape index (κ1) is 16.9. The van der Waals surface area contributed by atoms with Crippen LogP contribution in [0.5, 0.6) is 0 Å². The molecule has 1 aromatic heterocycles. The number of hydrogen-bond donors (Lipinski definition) is 2. The number of rotatable bonds is 6. The van der Waals surface area contributed by atoms with Gasteiger partial charge < -0.3 is 15.3 Å². The maximum absolute atomic E-state index is 9.32. The molecule has 0 spiro atoms. The van der Waals surface area contributed by atoms with E-state index in [1.807, 2.05) is 43.3 Å². The second-order valence-corrected chi connectivity index (χ2v) is 6.50. The number of nitrogens with one attached hydrogen (secondary N) is 1. The summed E-state index contributed by atoms with van der Waals surface area (Å²) < 4.78 is 0. The largest absolute Gasteiger partial charge is 0.396 e. The zero-order chi connectivity index (χ0) is 16.8. The molecule has 0 radical (unpaired) electrons. The highest BCUT2D eigenvalue weighted by molar-refractivity contribution is 5.57. The molecule has 1 aromatic carbocycles. The van der Waals surface area contributed by atoms with Gasteiger partial charge in [0.2, 0.25) is 0 Å². The monoisotopic (exact) mass is 326 g/mol. The van der Waals surface area contributed by atoms with Crippen molar-refractivity contribution in [1.82, 2.24) is 14.9 Å². The molecule has 1 aliphatic heterocycles. The van der Waals surface area contributed by atoms with Gasteiger partial charge in [-0.25, -0.2) is 9.97 Å². The molecule has 0 aliphatic carbocycles. The predicted molar refractivity (Wildman–Crippen MR) is 96.9 cm³/mol. The smallest absolute Gasteiger partial charge is 0.161 e. The van der Waals surface area contributed by atoms with Gasteiger partial charge in [0.25, 0.3) is 0 Å². The van der Waals surface area contributed by atoms with Crippen molar-refractivity contribution >= 4 is 5.82 Å². The predicted octanol–water partition coefficient (Wildman–Crippen LogP) is 2.57. The summed E-state index contributed by atoms with van der Waals surface area (Å²) in [6.07, 6.45) is 2.32. The molecule has 5 nitrogen and oxygen atoms in total. The number of benzene rings is 1. The van der Waals surface area contributed by atoms with Crippen molar-refractivity contribution in [2.45, 2.75) is 19.8 Å². The van der Waals surface area contributed by atoms with Crippen LogP contribution in [-0.2, 0) is 0 Å². The summed E-state index contributed by atoms with van der Waals surface area (Å²) in [6, 6.07) is 12.0. The fraction of sp³-hybridized carbons (Fsp3) is 0.474. The number of aliphatic hydroxyl groups is 1. The molecular formula is C19H26N4O. The summed E-state index contributed by atoms with van der Waals surface area (Å²) in [7, 11) is 0. The highest BCUT2D eigenvalue weighted by Gasteiger charge is 2.18. The van der Waals surface area contributed by atoms with Gasteiger partial charge in [-0.3, -0.25) is 0 Å². The summed E-state index contributed by atoms with van der Waals surface area (Å²) in [6.45, 7) is 6.24. The van der Waals surface area contributed by atoms with Gasteiger partial charge in [-0.15, -0.1) is 0 Å². The lowest BCUT2D eigenvalue weighted by Gasteiger charge is -2.31. The maximum atomic E-state index is 9.32. The van der Waals surface area contributed by atoms with Crippen LogP contribution in [0, 0.1) is 12.8 Å². The number of piperidine rings is 1. The van der Waals surface area contributed by atoms with E-state index in [2.05, 4.69) is 20.2 Å². The summed E-state index contributed by atoms with van der Waals surface area (Å²) in [5, 5.41) is 12.7. The van der Waals surface area contributed by atoms with Gasteiger partial charge in [0.05, 0.1) is 0 Å². The topological polar surface area (TPSA) is 61.3 Å². The highest BCUT2D eigenvalue weighted by atomic mass is 16.3. The Morgan fingerprint density at radius 3 is 2.88 bits per heavy atom. The molecule has 128 valence electrons. The van der Waals surface area contributed by atoms with Gasteiger partial charge in [-0.2, -0.15) is 0 Å². The number of likely N-dealkylation sites (tertiary alicyclic amines) is 1. The standard InChI is InChI=1S/C19H26N4O/c1-15-12-18(22-19(21-15)17-7-3-2-4-8-17)20-9-11-23-10-5-6-16(13-23)14-24/h2-4,7-8,12,16,24H,5-6,9-11,13-14H2,1H3,(H,20,21,22)/t16-/m0/s1. The van der Waals surface area contributed by atoms with Crippen LogP contribution in [0.15, 0.2) is 36.4 Å². The van der Waals surface area contributed by atoms with Crippen LogP contribution in [0.2, 0.25) is 0 Å². The average Bonchev–Trinajstić information content (AvgIpc) is 2.62. The minimum absolute atomic E-state index is 0.301. The minimum atomic E-state index is 0.301. The molecule has 1 aliphatic rings. The second-order valence-electron chi connectivity index (χ2n) is 6.50. The van der Waals surface area contributed by atoms with Crippen LogP contribution in [-0.4, -0.2) is 52.8 Å². The molecule has 1 fully saturated rings. The van der Waals surface area contributed by atoms with Crippen molar-refractivity contribution in [3.8, 4) is 11.4 Å². The van der Waals surface area contributed by atoms with E-state index in [-0.39, 0.29) is 0 Å².